The maximum absolute atomic E-state index is 13.8. The van der Waals surface area contributed by atoms with E-state index < -0.39 is 23.6 Å². The number of esters is 1. The number of rotatable bonds is 4. The van der Waals surface area contributed by atoms with Gasteiger partial charge in [-0.15, -0.1) is 0 Å². The number of carbonyl (C=O) groups is 2. The second kappa shape index (κ2) is 8.49. The van der Waals surface area contributed by atoms with Gasteiger partial charge in [0, 0.05) is 35.9 Å². The highest BCUT2D eigenvalue weighted by Crippen LogP contribution is 2.46. The van der Waals surface area contributed by atoms with Crippen molar-refractivity contribution in [3.8, 4) is 0 Å². The number of benzene rings is 1. The first kappa shape index (κ1) is 21.6. The maximum atomic E-state index is 13.8. The van der Waals surface area contributed by atoms with Crippen molar-refractivity contribution >= 4 is 11.8 Å². The molecule has 0 bridgehead atoms. The summed E-state index contributed by atoms with van der Waals surface area (Å²) in [5, 5.41) is 3.09. The molecule has 0 saturated carbocycles. The van der Waals surface area contributed by atoms with Crippen LogP contribution in [0.2, 0.25) is 0 Å². The Balaban J connectivity index is 1.78. The molecule has 0 unspecified atom stereocenters. The summed E-state index contributed by atoms with van der Waals surface area (Å²) in [4.78, 5) is 25.9. The van der Waals surface area contributed by atoms with Crippen LogP contribution in [0.25, 0.3) is 0 Å². The number of carbonyl (C=O) groups excluding carboxylic acids is 2. The number of dihydropyridines is 1. The van der Waals surface area contributed by atoms with Crippen molar-refractivity contribution < 1.29 is 32.2 Å². The molecule has 8 heteroatoms. The van der Waals surface area contributed by atoms with Crippen LogP contribution < -0.4 is 5.32 Å². The highest BCUT2D eigenvalue weighted by atomic mass is 19.4. The predicted molar refractivity (Wildman–Crippen MR) is 106 cm³/mol. The molecule has 3 aliphatic rings. The molecular formula is C23H24F3NO4. The molecule has 0 radical (unpaired) electrons. The molecule has 2 aliphatic heterocycles. The summed E-state index contributed by atoms with van der Waals surface area (Å²) in [6, 6.07) is 5.11. The minimum Gasteiger partial charge on any atom is -0.459 e. The lowest BCUT2D eigenvalue weighted by atomic mass is 9.74. The second-order valence-electron chi connectivity index (χ2n) is 8.08. The third-order valence-corrected chi connectivity index (χ3v) is 6.00. The molecule has 0 aromatic heterocycles. The van der Waals surface area contributed by atoms with Crippen molar-refractivity contribution in [3.63, 3.8) is 0 Å². The van der Waals surface area contributed by atoms with Gasteiger partial charge in [-0.25, -0.2) is 4.79 Å². The lowest BCUT2D eigenvalue weighted by Crippen LogP contribution is -2.35. The number of ether oxygens (including phenoxy) is 2. The highest BCUT2D eigenvalue weighted by molar-refractivity contribution is 6.03. The van der Waals surface area contributed by atoms with Crippen molar-refractivity contribution in [2.24, 2.45) is 0 Å². The van der Waals surface area contributed by atoms with Crippen LogP contribution in [0.4, 0.5) is 13.2 Å². The summed E-state index contributed by atoms with van der Waals surface area (Å²) in [6.45, 7) is 2.26. The van der Waals surface area contributed by atoms with Gasteiger partial charge in [-0.3, -0.25) is 4.79 Å². The van der Waals surface area contributed by atoms with Crippen LogP contribution in [0, 0.1) is 0 Å². The van der Waals surface area contributed by atoms with E-state index in [1.54, 1.807) is 6.92 Å². The van der Waals surface area contributed by atoms with Crippen molar-refractivity contribution in [3.05, 3.63) is 57.9 Å². The predicted octanol–water partition coefficient (Wildman–Crippen LogP) is 4.40. The number of ketones is 1. The highest BCUT2D eigenvalue weighted by Gasteiger charge is 2.43. The second-order valence-corrected chi connectivity index (χ2v) is 8.08. The van der Waals surface area contributed by atoms with Crippen LogP contribution in [0.15, 0.2) is 46.8 Å². The summed E-state index contributed by atoms with van der Waals surface area (Å²) in [6.07, 6.45) is -1.81. The topological polar surface area (TPSA) is 64.6 Å². The van der Waals surface area contributed by atoms with Gasteiger partial charge in [0.15, 0.2) is 5.78 Å². The third kappa shape index (κ3) is 4.26. The van der Waals surface area contributed by atoms with Gasteiger partial charge < -0.3 is 14.8 Å². The average Bonchev–Trinajstić information content (AvgIpc) is 3.24. The lowest BCUT2D eigenvalue weighted by molar-refractivity contribution is -0.143. The zero-order chi connectivity index (χ0) is 22.2. The summed E-state index contributed by atoms with van der Waals surface area (Å²) in [5.74, 6) is -2.10. The van der Waals surface area contributed by atoms with E-state index in [-0.39, 0.29) is 41.6 Å². The minimum atomic E-state index is -4.62. The first-order valence-corrected chi connectivity index (χ1v) is 10.5. The van der Waals surface area contributed by atoms with Crippen molar-refractivity contribution in [2.45, 2.75) is 57.2 Å². The van der Waals surface area contributed by atoms with Gasteiger partial charge in [-0.05, 0) is 44.2 Å². The Bertz CT molecular complexity index is 958. The molecule has 1 aromatic carbocycles. The van der Waals surface area contributed by atoms with Crippen LogP contribution in [-0.4, -0.2) is 31.1 Å². The van der Waals surface area contributed by atoms with Crippen molar-refractivity contribution in [2.75, 3.05) is 13.2 Å². The van der Waals surface area contributed by atoms with E-state index in [0.29, 0.717) is 30.8 Å². The molecule has 1 fully saturated rings. The Morgan fingerprint density at radius 2 is 2.00 bits per heavy atom. The Labute approximate surface area is 178 Å². The molecule has 0 spiro atoms. The summed E-state index contributed by atoms with van der Waals surface area (Å²) < 4.78 is 52.4. The Morgan fingerprint density at radius 1 is 1.23 bits per heavy atom. The number of allylic oxidation sites excluding steroid dienone is 3. The SMILES string of the molecule is CC1=C(C(=O)OC[C@@H]2CCCO2)[C@@H](c2ccccc2C(F)(F)F)C2=C(CCCC2=O)N1. The number of halogens is 3. The first-order valence-electron chi connectivity index (χ1n) is 10.5. The number of hydrogen-bond acceptors (Lipinski definition) is 5. The molecule has 1 aromatic rings. The number of hydrogen-bond donors (Lipinski definition) is 1. The number of nitrogens with one attached hydrogen (secondary N) is 1. The van der Waals surface area contributed by atoms with E-state index in [0.717, 1.165) is 18.9 Å². The van der Waals surface area contributed by atoms with Gasteiger partial charge in [0.05, 0.1) is 17.2 Å². The van der Waals surface area contributed by atoms with E-state index in [4.69, 9.17) is 9.47 Å². The summed E-state index contributed by atoms with van der Waals surface area (Å²) >= 11 is 0. The van der Waals surface area contributed by atoms with Crippen molar-refractivity contribution in [1.82, 2.24) is 5.32 Å². The third-order valence-electron chi connectivity index (χ3n) is 6.00. The number of alkyl halides is 3. The minimum absolute atomic E-state index is 0.0309. The van der Waals surface area contributed by atoms with Crippen LogP contribution in [0.1, 0.15) is 56.1 Å². The fraction of sp³-hybridized carbons (Fsp3) is 0.478. The van der Waals surface area contributed by atoms with Gasteiger partial charge >= 0.3 is 12.1 Å². The smallest absolute Gasteiger partial charge is 0.416 e. The standard InChI is InChI=1S/C23H24F3NO4/c1-13-19(22(29)31-12-14-6-5-11-30-14)20(21-17(27-13)9-4-10-18(21)28)15-7-2-3-8-16(15)23(24,25)26/h2-3,7-8,14,20,27H,4-6,9-12H2,1H3/t14-,20+/m0/s1. The Kier molecular flexibility index (Phi) is 5.92. The zero-order valence-electron chi connectivity index (χ0n) is 17.2. The maximum Gasteiger partial charge on any atom is 0.416 e. The van der Waals surface area contributed by atoms with Crippen LogP contribution >= 0.6 is 0 Å². The molecular weight excluding hydrogens is 411 g/mol. The van der Waals surface area contributed by atoms with Crippen LogP contribution in [-0.2, 0) is 25.2 Å². The molecule has 166 valence electrons. The van der Waals surface area contributed by atoms with Crippen LogP contribution in [0.3, 0.4) is 0 Å². The van der Waals surface area contributed by atoms with Gasteiger partial charge in [0.25, 0.3) is 0 Å². The quantitative estimate of drug-likeness (QED) is 0.711. The van der Waals surface area contributed by atoms with E-state index in [2.05, 4.69) is 5.32 Å². The van der Waals surface area contributed by atoms with Crippen LogP contribution in [0.5, 0.6) is 0 Å². The molecule has 31 heavy (non-hydrogen) atoms. The Morgan fingerprint density at radius 3 is 2.71 bits per heavy atom. The summed E-state index contributed by atoms with van der Waals surface area (Å²) in [7, 11) is 0. The number of Topliss-reactive ketones (excluding diaryl/α,β-unsaturated/α-hetero) is 1. The van der Waals surface area contributed by atoms with Gasteiger partial charge in [-0.2, -0.15) is 13.2 Å². The largest absolute Gasteiger partial charge is 0.459 e. The monoisotopic (exact) mass is 435 g/mol. The molecule has 4 rings (SSSR count). The summed E-state index contributed by atoms with van der Waals surface area (Å²) in [5.41, 5.74) is 0.313. The molecule has 1 aliphatic carbocycles. The normalized spacial score (nSPS) is 24.2. The molecule has 0 amide bonds. The van der Waals surface area contributed by atoms with E-state index in [9.17, 15) is 22.8 Å². The molecule has 1 N–H and O–H groups in total. The fourth-order valence-electron chi connectivity index (χ4n) is 4.59. The van der Waals surface area contributed by atoms with Gasteiger partial charge in [0.2, 0.25) is 0 Å². The van der Waals surface area contributed by atoms with E-state index >= 15 is 0 Å². The van der Waals surface area contributed by atoms with E-state index in [1.165, 1.54) is 18.2 Å². The average molecular weight is 435 g/mol. The fourth-order valence-corrected chi connectivity index (χ4v) is 4.59. The molecule has 2 atom stereocenters. The molecule has 1 saturated heterocycles. The van der Waals surface area contributed by atoms with Crippen molar-refractivity contribution in [1.29, 1.82) is 0 Å². The van der Waals surface area contributed by atoms with E-state index in [1.807, 2.05) is 0 Å². The lowest BCUT2D eigenvalue weighted by Gasteiger charge is -2.35. The molecule has 2 heterocycles. The Hall–Kier alpha value is -2.61. The van der Waals surface area contributed by atoms with Gasteiger partial charge in [-0.1, -0.05) is 18.2 Å². The van der Waals surface area contributed by atoms with Gasteiger partial charge in [0.1, 0.15) is 6.61 Å². The zero-order valence-corrected chi connectivity index (χ0v) is 17.2. The first-order chi connectivity index (χ1) is 14.8. The molecule has 5 nitrogen and oxygen atoms in total.